The summed E-state index contributed by atoms with van der Waals surface area (Å²) in [7, 11) is 1.25. The van der Waals surface area contributed by atoms with Crippen LogP contribution in [-0.2, 0) is 27.3 Å². The van der Waals surface area contributed by atoms with Gasteiger partial charge in [0.2, 0.25) is 0 Å². The Morgan fingerprint density at radius 1 is 1.30 bits per heavy atom. The van der Waals surface area contributed by atoms with Crippen LogP contribution < -0.4 is 5.32 Å². The first kappa shape index (κ1) is 16.4. The van der Waals surface area contributed by atoms with Crippen LogP contribution >= 0.6 is 0 Å². The van der Waals surface area contributed by atoms with Crippen LogP contribution in [0.2, 0.25) is 0 Å². The molecule has 9 heteroatoms. The number of rotatable bonds is 7. The zero-order chi connectivity index (χ0) is 16.5. The number of ether oxygens (including phenoxy) is 2. The predicted molar refractivity (Wildman–Crippen MR) is 78.1 cm³/mol. The third-order valence-corrected chi connectivity index (χ3v) is 3.05. The lowest BCUT2D eigenvalue weighted by atomic mass is 10.1. The lowest BCUT2D eigenvalue weighted by Gasteiger charge is -2.15. The quantitative estimate of drug-likeness (QED) is 0.717. The molecular weight excluding hydrogens is 302 g/mol. The van der Waals surface area contributed by atoms with Crippen molar-refractivity contribution in [2.24, 2.45) is 0 Å². The normalized spacial score (nSPS) is 11.5. The molecule has 1 aromatic heterocycles. The van der Waals surface area contributed by atoms with Gasteiger partial charge in [-0.05, 0) is 22.4 Å². The minimum atomic E-state index is -0.839. The molecule has 0 spiro atoms. The molecule has 1 heterocycles. The molecule has 0 saturated carbocycles. The van der Waals surface area contributed by atoms with Crippen molar-refractivity contribution >= 4 is 12.1 Å². The van der Waals surface area contributed by atoms with Crippen LogP contribution in [0.3, 0.4) is 0 Å². The highest BCUT2D eigenvalue weighted by Gasteiger charge is 2.22. The lowest BCUT2D eigenvalue weighted by molar-refractivity contribution is -0.143. The van der Waals surface area contributed by atoms with Gasteiger partial charge in [0.1, 0.15) is 18.5 Å². The van der Waals surface area contributed by atoms with Gasteiger partial charge in [-0.1, -0.05) is 30.3 Å². The molecular formula is C14H17N5O4. The van der Waals surface area contributed by atoms with E-state index in [-0.39, 0.29) is 13.0 Å². The van der Waals surface area contributed by atoms with Gasteiger partial charge in [-0.25, -0.2) is 14.7 Å². The monoisotopic (exact) mass is 319 g/mol. The number of alkyl carbamates (subject to hydrolysis) is 1. The number of esters is 1. The summed E-state index contributed by atoms with van der Waals surface area (Å²) in [6.07, 6.45) is -0.0321. The molecule has 9 nitrogen and oxygen atoms in total. The Kier molecular flexibility index (Phi) is 6.04. The average molecular weight is 319 g/mol. The van der Waals surface area contributed by atoms with E-state index in [1.807, 2.05) is 30.3 Å². The fraction of sp³-hybridized carbons (Fsp3) is 0.357. The SMILES string of the molecule is COC(=O)C(CCc1nnn[nH]1)NC(=O)OCc1ccccc1. The van der Waals surface area contributed by atoms with Crippen molar-refractivity contribution in [2.45, 2.75) is 25.5 Å². The Hall–Kier alpha value is -2.97. The van der Waals surface area contributed by atoms with E-state index in [0.29, 0.717) is 12.2 Å². The number of aromatic nitrogens is 4. The molecule has 2 aromatic rings. The van der Waals surface area contributed by atoms with Gasteiger partial charge in [-0.2, -0.15) is 0 Å². The Morgan fingerprint density at radius 2 is 2.09 bits per heavy atom. The summed E-state index contributed by atoms with van der Waals surface area (Å²) in [6.45, 7) is 0.118. The molecule has 2 N–H and O–H groups in total. The van der Waals surface area contributed by atoms with Crippen molar-refractivity contribution in [3.05, 3.63) is 41.7 Å². The number of hydrogen-bond acceptors (Lipinski definition) is 7. The number of H-pyrrole nitrogens is 1. The van der Waals surface area contributed by atoms with E-state index in [1.54, 1.807) is 0 Å². The molecule has 0 saturated heterocycles. The largest absolute Gasteiger partial charge is 0.467 e. The van der Waals surface area contributed by atoms with Crippen LogP contribution in [0.4, 0.5) is 4.79 Å². The number of tetrazole rings is 1. The molecule has 0 aliphatic carbocycles. The highest BCUT2D eigenvalue weighted by atomic mass is 16.6. The van der Waals surface area contributed by atoms with E-state index in [4.69, 9.17) is 4.74 Å². The van der Waals surface area contributed by atoms with Crippen molar-refractivity contribution in [3.8, 4) is 0 Å². The first-order valence-corrected chi connectivity index (χ1v) is 6.96. The number of nitrogens with zero attached hydrogens (tertiary/aromatic N) is 3. The summed E-state index contributed by atoms with van der Waals surface area (Å²) >= 11 is 0. The zero-order valence-corrected chi connectivity index (χ0v) is 12.6. The first-order valence-electron chi connectivity index (χ1n) is 6.96. The number of carbonyl (C=O) groups excluding carboxylic acids is 2. The second kappa shape index (κ2) is 8.47. The van der Waals surface area contributed by atoms with Gasteiger partial charge in [-0.15, -0.1) is 5.10 Å². The summed E-state index contributed by atoms with van der Waals surface area (Å²) in [5.74, 6) is -0.0486. The molecule has 0 aliphatic rings. The Labute approximate surface area is 132 Å². The highest BCUT2D eigenvalue weighted by Crippen LogP contribution is 2.04. The van der Waals surface area contributed by atoms with Gasteiger partial charge in [0.05, 0.1) is 7.11 Å². The molecule has 1 atom stereocenters. The smallest absolute Gasteiger partial charge is 0.408 e. The van der Waals surface area contributed by atoms with Gasteiger partial charge in [0, 0.05) is 6.42 Å². The molecule has 1 aromatic carbocycles. The first-order chi connectivity index (χ1) is 11.2. The molecule has 0 aliphatic heterocycles. The maximum absolute atomic E-state index is 11.8. The van der Waals surface area contributed by atoms with Gasteiger partial charge in [-0.3, -0.25) is 0 Å². The highest BCUT2D eigenvalue weighted by molar-refractivity contribution is 5.81. The maximum atomic E-state index is 11.8. The molecule has 0 fully saturated rings. The number of aromatic amines is 1. The number of hydrogen-bond donors (Lipinski definition) is 2. The fourth-order valence-electron chi connectivity index (χ4n) is 1.86. The minimum Gasteiger partial charge on any atom is -0.467 e. The standard InChI is InChI=1S/C14H17N5O4/c1-22-13(20)11(7-8-12-16-18-19-17-12)15-14(21)23-9-10-5-3-2-4-6-10/h2-6,11H,7-9H2,1H3,(H,15,21)(H,16,17,18,19). The number of nitrogens with one attached hydrogen (secondary N) is 2. The van der Waals surface area contributed by atoms with Crippen molar-refractivity contribution in [3.63, 3.8) is 0 Å². The molecule has 1 amide bonds. The van der Waals surface area contributed by atoms with Crippen molar-refractivity contribution in [1.82, 2.24) is 25.9 Å². The van der Waals surface area contributed by atoms with Crippen LogP contribution in [-0.4, -0.2) is 45.8 Å². The second-order valence-corrected chi connectivity index (χ2v) is 4.67. The van der Waals surface area contributed by atoms with Crippen LogP contribution in [0.25, 0.3) is 0 Å². The lowest BCUT2D eigenvalue weighted by Crippen LogP contribution is -2.42. The summed E-state index contributed by atoms with van der Waals surface area (Å²) < 4.78 is 9.76. The van der Waals surface area contributed by atoms with E-state index >= 15 is 0 Å². The Bertz CT molecular complexity index is 617. The maximum Gasteiger partial charge on any atom is 0.408 e. The van der Waals surface area contributed by atoms with Crippen molar-refractivity contribution in [2.75, 3.05) is 7.11 Å². The van der Waals surface area contributed by atoms with Crippen LogP contribution in [0.1, 0.15) is 17.8 Å². The number of carbonyl (C=O) groups is 2. The van der Waals surface area contributed by atoms with Crippen molar-refractivity contribution < 1.29 is 19.1 Å². The number of benzene rings is 1. The molecule has 1 unspecified atom stereocenters. The molecule has 122 valence electrons. The minimum absolute atomic E-state index is 0.118. The van der Waals surface area contributed by atoms with E-state index in [2.05, 4.69) is 30.7 Å². The van der Waals surface area contributed by atoms with E-state index < -0.39 is 18.1 Å². The van der Waals surface area contributed by atoms with Crippen LogP contribution in [0.15, 0.2) is 30.3 Å². The second-order valence-electron chi connectivity index (χ2n) is 4.67. The third-order valence-electron chi connectivity index (χ3n) is 3.05. The van der Waals surface area contributed by atoms with E-state index in [9.17, 15) is 9.59 Å². The Balaban J connectivity index is 1.83. The van der Waals surface area contributed by atoms with Gasteiger partial charge < -0.3 is 14.8 Å². The Morgan fingerprint density at radius 3 is 2.74 bits per heavy atom. The summed E-state index contributed by atoms with van der Waals surface area (Å²) in [6, 6.07) is 8.39. The summed E-state index contributed by atoms with van der Waals surface area (Å²) in [5.41, 5.74) is 0.852. The number of aryl methyl sites for hydroxylation is 1. The predicted octanol–water partition coefficient (Wildman–Crippen LogP) is 0.600. The van der Waals surface area contributed by atoms with Gasteiger partial charge >= 0.3 is 12.1 Å². The van der Waals surface area contributed by atoms with E-state index in [0.717, 1.165) is 5.56 Å². The average Bonchev–Trinajstić information content (AvgIpc) is 3.10. The van der Waals surface area contributed by atoms with Gasteiger partial charge in [0.25, 0.3) is 0 Å². The zero-order valence-electron chi connectivity index (χ0n) is 12.6. The van der Waals surface area contributed by atoms with E-state index in [1.165, 1.54) is 7.11 Å². The molecule has 0 radical (unpaired) electrons. The third kappa shape index (κ3) is 5.38. The fourth-order valence-corrected chi connectivity index (χ4v) is 1.86. The molecule has 0 bridgehead atoms. The summed E-state index contributed by atoms with van der Waals surface area (Å²) in [5, 5.41) is 15.7. The topological polar surface area (TPSA) is 119 Å². The molecule has 2 rings (SSSR count). The number of methoxy groups -OCH3 is 1. The summed E-state index contributed by atoms with van der Waals surface area (Å²) in [4.78, 5) is 23.5. The van der Waals surface area contributed by atoms with Crippen molar-refractivity contribution in [1.29, 1.82) is 0 Å². The van der Waals surface area contributed by atoms with Crippen LogP contribution in [0, 0.1) is 0 Å². The van der Waals surface area contributed by atoms with Gasteiger partial charge in [0.15, 0.2) is 0 Å². The van der Waals surface area contributed by atoms with Crippen LogP contribution in [0.5, 0.6) is 0 Å². The number of amides is 1. The molecule has 23 heavy (non-hydrogen) atoms.